The van der Waals surface area contributed by atoms with Crippen LogP contribution in [0.4, 0.5) is 0 Å². The number of hydrogen-bond acceptors (Lipinski definition) is 3. The standard InChI is InChI=1S/C28H44O3Si/c1-23(18-19-30-22-26-15-10-9-11-16-26)14-12-13-17-27(29)25(3)20-24(2)21-31-32(7,8)28(4,5)6/h9-12,14-16,18,24-25,27,29H,19-22H2,1-8H3/b14-12+,23-18-/t24-,25+,27?/m1/s1. The largest absolute Gasteiger partial charge is 0.417 e. The van der Waals surface area contributed by atoms with E-state index in [1.165, 1.54) is 5.56 Å². The third kappa shape index (κ3) is 11.3. The summed E-state index contributed by atoms with van der Waals surface area (Å²) in [6.07, 6.45) is 6.04. The Morgan fingerprint density at radius 1 is 1.16 bits per heavy atom. The molecule has 1 N–H and O–H groups in total. The molecule has 4 heteroatoms. The van der Waals surface area contributed by atoms with Gasteiger partial charge >= 0.3 is 0 Å². The van der Waals surface area contributed by atoms with Gasteiger partial charge in [-0.2, -0.15) is 0 Å². The highest BCUT2D eigenvalue weighted by Gasteiger charge is 2.37. The first-order chi connectivity index (χ1) is 14.9. The molecule has 0 saturated heterocycles. The second-order valence-corrected chi connectivity index (χ2v) is 15.2. The fraction of sp³-hybridized carbons (Fsp3) is 0.571. The minimum atomic E-state index is -1.73. The molecule has 0 aliphatic carbocycles. The average molecular weight is 457 g/mol. The van der Waals surface area contributed by atoms with E-state index in [4.69, 9.17) is 9.16 Å². The molecule has 0 amide bonds. The van der Waals surface area contributed by atoms with Crippen LogP contribution in [0.5, 0.6) is 0 Å². The summed E-state index contributed by atoms with van der Waals surface area (Å²) in [7, 11) is -1.73. The van der Waals surface area contributed by atoms with Crippen molar-refractivity contribution in [2.75, 3.05) is 13.2 Å². The third-order valence-electron chi connectivity index (χ3n) is 6.14. The van der Waals surface area contributed by atoms with Gasteiger partial charge in [0.25, 0.3) is 0 Å². The Labute approximate surface area is 198 Å². The molecule has 0 heterocycles. The lowest BCUT2D eigenvalue weighted by Gasteiger charge is -2.37. The van der Waals surface area contributed by atoms with Crippen LogP contribution in [-0.2, 0) is 15.8 Å². The Balaban J connectivity index is 2.37. The highest BCUT2D eigenvalue weighted by molar-refractivity contribution is 6.74. The number of benzene rings is 1. The monoisotopic (exact) mass is 456 g/mol. The summed E-state index contributed by atoms with van der Waals surface area (Å²) in [6.45, 7) is 19.5. The average Bonchev–Trinajstić information content (AvgIpc) is 2.72. The Bertz CT molecular complexity index is 778. The van der Waals surface area contributed by atoms with Crippen molar-refractivity contribution in [2.45, 2.75) is 78.8 Å². The van der Waals surface area contributed by atoms with E-state index < -0.39 is 14.4 Å². The SMILES string of the molecule is CC(=C/COCc1ccccc1)/C=C/C#CC(O)[C@@H](C)C[C@@H](C)CO[Si](C)(C)C(C)(C)C. The molecular weight excluding hydrogens is 412 g/mol. The fourth-order valence-electron chi connectivity index (χ4n) is 2.86. The van der Waals surface area contributed by atoms with Gasteiger partial charge in [-0.15, -0.1) is 0 Å². The summed E-state index contributed by atoms with van der Waals surface area (Å²) in [6, 6.07) is 10.1. The molecule has 0 aromatic heterocycles. The van der Waals surface area contributed by atoms with E-state index in [1.807, 2.05) is 37.3 Å². The Morgan fingerprint density at radius 3 is 2.44 bits per heavy atom. The summed E-state index contributed by atoms with van der Waals surface area (Å²) >= 11 is 0. The van der Waals surface area contributed by atoms with Crippen LogP contribution in [-0.4, -0.2) is 32.7 Å². The molecule has 3 atom stereocenters. The second kappa shape index (κ2) is 13.8. The van der Waals surface area contributed by atoms with Crippen molar-refractivity contribution < 1.29 is 14.3 Å². The Hall–Kier alpha value is -1.64. The van der Waals surface area contributed by atoms with Crippen LogP contribution in [0.25, 0.3) is 0 Å². The normalized spacial score (nSPS) is 15.8. The van der Waals surface area contributed by atoms with E-state index in [2.05, 4.69) is 71.7 Å². The van der Waals surface area contributed by atoms with Crippen molar-refractivity contribution in [1.29, 1.82) is 0 Å². The van der Waals surface area contributed by atoms with Crippen molar-refractivity contribution in [2.24, 2.45) is 11.8 Å². The summed E-state index contributed by atoms with van der Waals surface area (Å²) in [5.41, 5.74) is 2.26. The summed E-state index contributed by atoms with van der Waals surface area (Å²) in [5.74, 6) is 6.44. The zero-order chi connectivity index (χ0) is 24.2. The Morgan fingerprint density at radius 2 is 1.81 bits per heavy atom. The molecule has 0 spiro atoms. The lowest BCUT2D eigenvalue weighted by atomic mass is 9.93. The number of allylic oxidation sites excluding steroid dienone is 3. The molecule has 0 radical (unpaired) electrons. The van der Waals surface area contributed by atoms with Gasteiger partial charge in [-0.05, 0) is 55.0 Å². The van der Waals surface area contributed by atoms with Gasteiger partial charge in [0.2, 0.25) is 0 Å². The number of rotatable bonds is 11. The fourth-order valence-corrected chi connectivity index (χ4v) is 3.99. The highest BCUT2D eigenvalue weighted by Crippen LogP contribution is 2.37. The molecular formula is C28H44O3Si. The van der Waals surface area contributed by atoms with Gasteiger partial charge in [-0.25, -0.2) is 0 Å². The number of ether oxygens (including phenoxy) is 1. The van der Waals surface area contributed by atoms with Crippen molar-refractivity contribution in [3.8, 4) is 11.8 Å². The third-order valence-corrected chi connectivity index (χ3v) is 10.6. The summed E-state index contributed by atoms with van der Waals surface area (Å²) in [5, 5.41) is 10.6. The molecule has 32 heavy (non-hydrogen) atoms. The molecule has 0 fully saturated rings. The molecule has 1 rings (SSSR count). The van der Waals surface area contributed by atoms with Gasteiger partial charge < -0.3 is 14.3 Å². The molecule has 0 aliphatic rings. The molecule has 1 unspecified atom stereocenters. The van der Waals surface area contributed by atoms with Crippen LogP contribution in [0, 0.1) is 23.7 Å². The first-order valence-electron chi connectivity index (χ1n) is 11.7. The van der Waals surface area contributed by atoms with E-state index in [0.717, 1.165) is 18.6 Å². The predicted octanol–water partition coefficient (Wildman–Crippen LogP) is 6.75. The van der Waals surface area contributed by atoms with Crippen LogP contribution in [0.2, 0.25) is 18.1 Å². The highest BCUT2D eigenvalue weighted by atomic mass is 28.4. The van der Waals surface area contributed by atoms with Gasteiger partial charge in [0, 0.05) is 6.61 Å². The first-order valence-corrected chi connectivity index (χ1v) is 14.6. The van der Waals surface area contributed by atoms with E-state index >= 15 is 0 Å². The van der Waals surface area contributed by atoms with E-state index in [-0.39, 0.29) is 11.0 Å². The molecule has 1 aromatic carbocycles. The van der Waals surface area contributed by atoms with Crippen LogP contribution >= 0.6 is 0 Å². The van der Waals surface area contributed by atoms with E-state index in [9.17, 15) is 5.11 Å². The second-order valence-electron chi connectivity index (χ2n) is 10.4. The lowest BCUT2D eigenvalue weighted by Crippen LogP contribution is -2.42. The number of aliphatic hydroxyl groups excluding tert-OH is 1. The van der Waals surface area contributed by atoms with Crippen molar-refractivity contribution in [3.05, 3.63) is 59.7 Å². The first kappa shape index (κ1) is 28.4. The Kier molecular flexibility index (Phi) is 12.2. The van der Waals surface area contributed by atoms with Crippen molar-refractivity contribution in [1.82, 2.24) is 0 Å². The quantitative estimate of drug-likeness (QED) is 0.173. The minimum Gasteiger partial charge on any atom is -0.417 e. The molecule has 178 valence electrons. The molecule has 0 saturated carbocycles. The minimum absolute atomic E-state index is 0.108. The maximum absolute atomic E-state index is 10.4. The smallest absolute Gasteiger partial charge is 0.191 e. The maximum Gasteiger partial charge on any atom is 0.191 e. The summed E-state index contributed by atoms with van der Waals surface area (Å²) in [4.78, 5) is 0. The van der Waals surface area contributed by atoms with Crippen molar-refractivity contribution >= 4 is 8.32 Å². The van der Waals surface area contributed by atoms with E-state index in [0.29, 0.717) is 19.1 Å². The lowest BCUT2D eigenvalue weighted by molar-refractivity contribution is 0.138. The zero-order valence-corrected chi connectivity index (χ0v) is 22.4. The molecule has 3 nitrogen and oxygen atoms in total. The van der Waals surface area contributed by atoms with Gasteiger partial charge in [-0.3, -0.25) is 0 Å². The van der Waals surface area contributed by atoms with Gasteiger partial charge in [-0.1, -0.05) is 94.5 Å². The van der Waals surface area contributed by atoms with Crippen LogP contribution < -0.4 is 0 Å². The van der Waals surface area contributed by atoms with Crippen LogP contribution in [0.1, 0.15) is 53.5 Å². The zero-order valence-electron chi connectivity index (χ0n) is 21.4. The topological polar surface area (TPSA) is 38.7 Å². The summed E-state index contributed by atoms with van der Waals surface area (Å²) < 4.78 is 12.0. The predicted molar refractivity (Wildman–Crippen MR) is 139 cm³/mol. The van der Waals surface area contributed by atoms with Gasteiger partial charge in [0.1, 0.15) is 6.10 Å². The molecule has 0 aliphatic heterocycles. The van der Waals surface area contributed by atoms with Crippen LogP contribution in [0.15, 0.2) is 54.1 Å². The van der Waals surface area contributed by atoms with E-state index in [1.54, 1.807) is 6.08 Å². The van der Waals surface area contributed by atoms with Crippen LogP contribution in [0.3, 0.4) is 0 Å². The van der Waals surface area contributed by atoms with Gasteiger partial charge in [0.05, 0.1) is 13.2 Å². The molecule has 1 aromatic rings. The maximum atomic E-state index is 10.4. The molecule has 0 bridgehead atoms. The number of aliphatic hydroxyl groups is 1. The van der Waals surface area contributed by atoms with Gasteiger partial charge in [0.15, 0.2) is 8.32 Å². The number of hydrogen-bond donors (Lipinski definition) is 1. The van der Waals surface area contributed by atoms with Crippen molar-refractivity contribution in [3.63, 3.8) is 0 Å².